The average molecular weight is 1100 g/mol. The molecule has 0 saturated heterocycles. The monoisotopic (exact) mass is 1100 g/mol. The van der Waals surface area contributed by atoms with Crippen molar-refractivity contribution in [2.75, 3.05) is 0 Å². The predicted octanol–water partition coefficient (Wildman–Crippen LogP) is 10.9. The first kappa shape index (κ1) is 55.7. The van der Waals surface area contributed by atoms with E-state index in [1.807, 2.05) is 24.3 Å². The van der Waals surface area contributed by atoms with Gasteiger partial charge in [0.2, 0.25) is 0 Å². The van der Waals surface area contributed by atoms with Gasteiger partial charge in [0.1, 0.15) is 0 Å². The predicted molar refractivity (Wildman–Crippen MR) is 285 cm³/mol. The summed E-state index contributed by atoms with van der Waals surface area (Å²) >= 11 is 3.11. The molecule has 0 amide bonds. The van der Waals surface area contributed by atoms with Crippen LogP contribution in [0.2, 0.25) is 0 Å². The Morgan fingerprint density at radius 1 is 0.371 bits per heavy atom. The van der Waals surface area contributed by atoms with E-state index in [9.17, 15) is 0 Å². The molecule has 0 saturated carbocycles. The summed E-state index contributed by atoms with van der Waals surface area (Å²) < 4.78 is 3.01. The maximum absolute atomic E-state index is 3.65. The van der Waals surface area contributed by atoms with Crippen LogP contribution in [0.5, 0.6) is 0 Å². The van der Waals surface area contributed by atoms with Gasteiger partial charge in [0.25, 0.3) is 0 Å². The fourth-order valence-corrected chi connectivity index (χ4v) is 8.12. The molecule has 4 heteroatoms. The Bertz CT molecular complexity index is 2640. The first-order valence-corrected chi connectivity index (χ1v) is 25.7. The Labute approximate surface area is 460 Å². The van der Waals surface area contributed by atoms with Crippen molar-refractivity contribution in [1.82, 2.24) is 0 Å². The Morgan fingerprint density at radius 3 is 0.971 bits per heavy atom. The summed E-state index contributed by atoms with van der Waals surface area (Å²) in [5, 5.41) is 0. The number of rotatable bonds is 4. The van der Waals surface area contributed by atoms with Crippen LogP contribution < -0.4 is 24.8 Å². The first-order valence-electron chi connectivity index (χ1n) is 23.3. The van der Waals surface area contributed by atoms with E-state index in [1.54, 1.807) is 48.5 Å². The van der Waals surface area contributed by atoms with Gasteiger partial charge in [-0.15, -0.1) is 71.5 Å². The van der Waals surface area contributed by atoms with Crippen LogP contribution in [0.15, 0.2) is 218 Å². The van der Waals surface area contributed by atoms with Crippen LogP contribution in [-0.2, 0) is 61.3 Å². The molecule has 0 radical (unpaired) electrons. The van der Waals surface area contributed by atoms with Crippen LogP contribution in [0.3, 0.4) is 0 Å². The van der Waals surface area contributed by atoms with Gasteiger partial charge in [-0.05, 0) is 46.2 Å². The van der Waals surface area contributed by atoms with E-state index in [0.29, 0.717) is 0 Å². The van der Waals surface area contributed by atoms with Gasteiger partial charge in [0, 0.05) is 0 Å². The van der Waals surface area contributed by atoms with Crippen LogP contribution in [0.1, 0.15) is 62.8 Å². The fourth-order valence-electron chi connectivity index (χ4n) is 8.12. The molecule has 0 unspecified atom stereocenters. The van der Waals surface area contributed by atoms with Gasteiger partial charge in [0.15, 0.2) is 0 Å². The molecule has 8 aromatic carbocycles. The smallest absolute Gasteiger partial charge is 0.0181 e. The summed E-state index contributed by atoms with van der Waals surface area (Å²) in [7, 11) is 0. The third kappa shape index (κ3) is 16.4. The minimum atomic E-state index is 0. The van der Waals surface area contributed by atoms with Crippen molar-refractivity contribution in [3.63, 3.8) is 0 Å². The molecule has 0 spiro atoms. The molecule has 0 bridgehead atoms. The van der Waals surface area contributed by atoms with E-state index in [2.05, 4.69) is 246 Å². The number of benzene rings is 8. The molecule has 0 fully saturated rings. The van der Waals surface area contributed by atoms with Gasteiger partial charge in [-0.1, -0.05) is 191 Å². The zero-order valence-electron chi connectivity index (χ0n) is 40.4. The molecule has 0 N–H and O–H groups in total. The summed E-state index contributed by atoms with van der Waals surface area (Å²) in [6.07, 6.45) is 21.9. The topological polar surface area (TPSA) is 0 Å². The number of hydrogen-bond donors (Lipinski definition) is 0. The van der Waals surface area contributed by atoms with Crippen LogP contribution in [0.4, 0.5) is 0 Å². The third-order valence-electron chi connectivity index (χ3n) is 11.1. The Kier molecular flexibility index (Phi) is 23.3. The number of hydrogen-bond acceptors (Lipinski definition) is 0. The molecular weight excluding hydrogens is 1050 g/mol. The summed E-state index contributed by atoms with van der Waals surface area (Å²) in [5.74, 6) is 0. The van der Waals surface area contributed by atoms with Crippen LogP contribution in [-0.4, -0.2) is 6.41 Å². The van der Waals surface area contributed by atoms with E-state index < -0.39 is 0 Å². The third-order valence-corrected chi connectivity index (χ3v) is 11.1. The second kappa shape index (κ2) is 29.2. The molecular formula is C66H56Cl2Zr2-2. The normalized spacial score (nSPS) is 11.8. The SMILES string of the molecule is C[C](C)=[Zr+2].C[C](C)=[Zr+2].[C-]1=CC=CC1.[C-]1=CC=CC1.[Cl-].[Cl-].[c-]1c(-c2ccccc2)ccc2c1Cc1cc(-c3ccccc3)ccc1-2.[c-]1c(-c2ccccc2)ccc2c1Cc1cc(-c3ccccc3)ccc1-2. The second-order valence-electron chi connectivity index (χ2n) is 17.1. The fraction of sp³-hybridized carbons (Fsp3) is 0.121. The standard InChI is InChI=1S/2C25H17.2C5H5.2C3H6.2ClH.2Zr/c2*1-3-7-18(8-4-1)20-11-13-24-22(15-20)17-23-16-21(12-14-25(23)24)19-9-5-2-6-10-19;2*1-2-4-5-3-1;2*1-3-2;;;;/h2*1-15H,17H2;2*1-3H,4H2;2*1-2H3;2*1H;;/q4*-1;;;;;2*+2/p-2. The molecule has 70 heavy (non-hydrogen) atoms. The van der Waals surface area contributed by atoms with E-state index in [0.717, 1.165) is 25.7 Å². The molecule has 8 aromatic rings. The number of halogens is 2. The zero-order chi connectivity index (χ0) is 47.5. The van der Waals surface area contributed by atoms with Crippen molar-refractivity contribution in [1.29, 1.82) is 0 Å². The Morgan fingerprint density at radius 2 is 0.686 bits per heavy atom. The molecule has 4 aliphatic carbocycles. The molecule has 0 atom stereocenters. The largest absolute Gasteiger partial charge is 1.00 e. The maximum Gasteiger partial charge on any atom is -0.0181 e. The Balaban J connectivity index is 0.000000189. The van der Waals surface area contributed by atoms with Gasteiger partial charge in [-0.25, -0.2) is 24.3 Å². The molecule has 344 valence electrons. The van der Waals surface area contributed by atoms with Crippen molar-refractivity contribution in [2.45, 2.75) is 53.4 Å². The Hall–Kier alpha value is -5.19. The molecule has 0 heterocycles. The summed E-state index contributed by atoms with van der Waals surface area (Å²) in [6, 6.07) is 72.0. The summed E-state index contributed by atoms with van der Waals surface area (Å²) in [5.41, 5.74) is 20.7. The number of fused-ring (bicyclic) bond motifs is 6. The van der Waals surface area contributed by atoms with Gasteiger partial charge in [-0.2, -0.15) is 12.2 Å². The van der Waals surface area contributed by atoms with Crippen LogP contribution >= 0.6 is 0 Å². The van der Waals surface area contributed by atoms with Crippen molar-refractivity contribution in [3.05, 3.63) is 265 Å². The van der Waals surface area contributed by atoms with Gasteiger partial charge in [-0.3, -0.25) is 12.2 Å². The molecule has 12 rings (SSSR count). The average Bonchev–Trinajstić information content (AvgIpc) is 4.24. The minimum absolute atomic E-state index is 0. The molecule has 0 aromatic heterocycles. The minimum Gasteiger partial charge on any atom is -1.00 e. The zero-order valence-corrected chi connectivity index (χ0v) is 46.8. The van der Waals surface area contributed by atoms with E-state index in [4.69, 9.17) is 0 Å². The van der Waals surface area contributed by atoms with E-state index in [-0.39, 0.29) is 24.8 Å². The summed E-state index contributed by atoms with van der Waals surface area (Å²) in [4.78, 5) is 0. The van der Waals surface area contributed by atoms with Gasteiger partial charge < -0.3 is 24.8 Å². The molecule has 0 aliphatic heterocycles. The van der Waals surface area contributed by atoms with Crippen molar-refractivity contribution in [2.24, 2.45) is 0 Å². The van der Waals surface area contributed by atoms with E-state index >= 15 is 0 Å². The van der Waals surface area contributed by atoms with Crippen LogP contribution in [0, 0.1) is 24.3 Å². The number of allylic oxidation sites excluding steroid dienone is 8. The maximum atomic E-state index is 3.65. The van der Waals surface area contributed by atoms with Crippen molar-refractivity contribution in [3.8, 4) is 66.8 Å². The second-order valence-corrected chi connectivity index (χ2v) is 22.0. The summed E-state index contributed by atoms with van der Waals surface area (Å²) in [6.45, 7) is 8.49. The molecule has 4 aliphatic rings. The molecule has 0 nitrogen and oxygen atoms in total. The van der Waals surface area contributed by atoms with Gasteiger partial charge >= 0.3 is 82.6 Å². The van der Waals surface area contributed by atoms with Crippen molar-refractivity contribution >= 4 is 6.41 Å². The first-order chi connectivity index (χ1) is 33.2. The van der Waals surface area contributed by atoms with Crippen LogP contribution in [0.25, 0.3) is 66.8 Å². The quantitative estimate of drug-likeness (QED) is 0.154. The van der Waals surface area contributed by atoms with Crippen molar-refractivity contribution < 1.29 is 73.3 Å². The van der Waals surface area contributed by atoms with Gasteiger partial charge in [0.05, 0.1) is 0 Å². The van der Waals surface area contributed by atoms with E-state index in [1.165, 1.54) is 95.4 Å².